The van der Waals surface area contributed by atoms with E-state index in [1.807, 2.05) is 0 Å². The molecule has 1 aliphatic rings. The van der Waals surface area contributed by atoms with E-state index in [1.165, 1.54) is 55.2 Å². The van der Waals surface area contributed by atoms with Crippen LogP contribution in [0.2, 0.25) is 0 Å². The zero-order chi connectivity index (χ0) is 36.3. The van der Waals surface area contributed by atoms with Crippen molar-refractivity contribution in [2.24, 2.45) is 0 Å². The van der Waals surface area contributed by atoms with E-state index in [2.05, 4.69) is 205 Å². The molecule has 55 heavy (non-hydrogen) atoms. The van der Waals surface area contributed by atoms with Crippen molar-refractivity contribution >= 4 is 49.5 Å². The maximum atomic E-state index is 5.40. The molecule has 0 amide bonds. The van der Waals surface area contributed by atoms with Gasteiger partial charge >= 0.3 is 0 Å². The molecule has 0 atom stereocenters. The lowest BCUT2D eigenvalue weighted by Crippen LogP contribution is -2.16. The van der Waals surface area contributed by atoms with Crippen molar-refractivity contribution in [2.75, 3.05) is 4.90 Å². The predicted molar refractivity (Wildman–Crippen MR) is 230 cm³/mol. The maximum Gasteiger partial charge on any atom is 0.161 e. The van der Waals surface area contributed by atoms with Crippen LogP contribution >= 0.6 is 0 Å². The lowest BCUT2D eigenvalue weighted by Gasteiger charge is -2.36. The third-order valence-electron chi connectivity index (χ3n) is 11.0. The summed E-state index contributed by atoms with van der Waals surface area (Å²) < 4.78 is 0. The van der Waals surface area contributed by atoms with Gasteiger partial charge in [0.15, 0.2) is 5.82 Å². The fourth-order valence-electron chi connectivity index (χ4n) is 8.44. The number of benzene rings is 9. The number of rotatable bonds is 5. The van der Waals surface area contributed by atoms with Crippen molar-refractivity contribution in [1.82, 2.24) is 9.97 Å². The Kier molecular flexibility index (Phi) is 7.17. The molecular formula is C52H33N3. The molecule has 3 heteroatoms. The highest BCUT2D eigenvalue weighted by molar-refractivity contribution is 6.19. The van der Waals surface area contributed by atoms with Crippen molar-refractivity contribution in [1.29, 1.82) is 0 Å². The second-order valence-corrected chi connectivity index (χ2v) is 14.2. The Morgan fingerprint density at radius 2 is 1.04 bits per heavy atom. The summed E-state index contributed by atoms with van der Waals surface area (Å²) in [7, 11) is 0. The molecule has 0 radical (unpaired) electrons. The third kappa shape index (κ3) is 5.13. The number of hydrogen-bond donors (Lipinski definition) is 0. The molecule has 11 rings (SSSR count). The topological polar surface area (TPSA) is 29.0 Å². The molecule has 10 aromatic rings. The van der Waals surface area contributed by atoms with Gasteiger partial charge < -0.3 is 4.90 Å². The largest absolute Gasteiger partial charge is 0.309 e. The number of aromatic nitrogens is 2. The number of anilines is 3. The van der Waals surface area contributed by atoms with E-state index < -0.39 is 0 Å². The summed E-state index contributed by atoms with van der Waals surface area (Å²) in [6, 6.07) is 71.6. The normalized spacial score (nSPS) is 12.0. The third-order valence-corrected chi connectivity index (χ3v) is 11.0. The summed E-state index contributed by atoms with van der Waals surface area (Å²) >= 11 is 0. The van der Waals surface area contributed by atoms with Crippen molar-refractivity contribution < 1.29 is 0 Å². The van der Waals surface area contributed by atoms with Crippen LogP contribution in [0.5, 0.6) is 0 Å². The molecule has 0 saturated heterocycles. The summed E-state index contributed by atoms with van der Waals surface area (Å²) in [4.78, 5) is 13.1. The molecule has 0 bridgehead atoms. The summed E-state index contributed by atoms with van der Waals surface area (Å²) in [6.07, 6.45) is 0. The summed E-state index contributed by atoms with van der Waals surface area (Å²) in [5.41, 5.74) is 14.5. The number of para-hydroxylation sites is 2. The molecule has 3 nitrogen and oxygen atoms in total. The van der Waals surface area contributed by atoms with Crippen LogP contribution < -0.4 is 4.90 Å². The summed E-state index contributed by atoms with van der Waals surface area (Å²) in [5.74, 6) is 0.715. The van der Waals surface area contributed by atoms with Gasteiger partial charge in [0.1, 0.15) is 0 Å². The molecule has 0 fully saturated rings. The maximum absolute atomic E-state index is 5.40. The van der Waals surface area contributed by atoms with Crippen LogP contribution in [0.3, 0.4) is 0 Å². The molecular weight excluding hydrogens is 667 g/mol. The van der Waals surface area contributed by atoms with Crippen molar-refractivity contribution in [3.05, 3.63) is 200 Å². The average Bonchev–Trinajstić information content (AvgIpc) is 3.26. The molecule has 0 saturated carbocycles. The van der Waals surface area contributed by atoms with E-state index >= 15 is 0 Å². The van der Waals surface area contributed by atoms with Gasteiger partial charge in [-0.2, -0.15) is 0 Å². The molecule has 2 heterocycles. The van der Waals surface area contributed by atoms with Gasteiger partial charge in [0.05, 0.1) is 22.6 Å². The van der Waals surface area contributed by atoms with Gasteiger partial charge in [-0.15, -0.1) is 0 Å². The van der Waals surface area contributed by atoms with Crippen molar-refractivity contribution in [3.63, 3.8) is 0 Å². The Morgan fingerprint density at radius 3 is 1.91 bits per heavy atom. The minimum atomic E-state index is 0.715. The van der Waals surface area contributed by atoms with Gasteiger partial charge in [-0.05, 0) is 74.8 Å². The quantitative estimate of drug-likeness (QED) is 0.179. The molecule has 0 unspecified atom stereocenters. The van der Waals surface area contributed by atoms with E-state index in [1.54, 1.807) is 0 Å². The minimum absolute atomic E-state index is 0.715. The number of nitrogens with zero attached hydrogens (tertiary/aromatic N) is 3. The average molecular weight is 700 g/mol. The SMILES string of the molecule is c1ccc(-c2cccc(N3c4c(-c5ccccc5)cccc4-c4cccc5c(-c6nc(-c7ccc8ccccc8c7)c7ccccc7n6)ccc3c45)c2)cc1. The first kappa shape index (κ1) is 31.2. The first-order chi connectivity index (χ1) is 27.3. The Morgan fingerprint density at radius 1 is 0.364 bits per heavy atom. The van der Waals surface area contributed by atoms with Crippen molar-refractivity contribution in [2.45, 2.75) is 0 Å². The Hall–Kier alpha value is -7.36. The fourth-order valence-corrected chi connectivity index (χ4v) is 8.44. The monoisotopic (exact) mass is 699 g/mol. The predicted octanol–water partition coefficient (Wildman–Crippen LogP) is 14.1. The minimum Gasteiger partial charge on any atom is -0.309 e. The number of fused-ring (bicyclic) bond motifs is 4. The molecule has 9 aromatic carbocycles. The zero-order valence-corrected chi connectivity index (χ0v) is 29.9. The molecule has 0 N–H and O–H groups in total. The van der Waals surface area contributed by atoms with Crippen LogP contribution in [0.25, 0.3) is 88.5 Å². The second kappa shape index (κ2) is 12.6. The first-order valence-electron chi connectivity index (χ1n) is 18.7. The molecule has 256 valence electrons. The van der Waals surface area contributed by atoms with Crippen LogP contribution in [-0.4, -0.2) is 9.97 Å². The van der Waals surface area contributed by atoms with E-state index in [4.69, 9.17) is 9.97 Å². The Labute approximate surface area is 319 Å². The molecule has 1 aromatic heterocycles. The van der Waals surface area contributed by atoms with Crippen molar-refractivity contribution in [3.8, 4) is 56.0 Å². The standard InChI is InChI=1S/C52H33N3/c1-3-14-34(15-4-1)38-20-11-21-40(33-38)55-48-31-30-45(43-25-13-24-42(49(43)48)44-26-12-23-41(51(44)55)36-17-5-2-6-18-36)52-53-47-27-10-9-22-46(47)50(54-52)39-29-28-35-16-7-8-19-37(35)32-39/h1-33H. The van der Waals surface area contributed by atoms with Gasteiger partial charge in [-0.3, -0.25) is 0 Å². The van der Waals surface area contributed by atoms with E-state index in [0.717, 1.165) is 44.5 Å². The molecule has 0 aliphatic carbocycles. The molecule has 0 spiro atoms. The summed E-state index contributed by atoms with van der Waals surface area (Å²) in [6.45, 7) is 0. The zero-order valence-electron chi connectivity index (χ0n) is 29.9. The smallest absolute Gasteiger partial charge is 0.161 e. The lowest BCUT2D eigenvalue weighted by molar-refractivity contribution is 1.23. The van der Waals surface area contributed by atoms with Gasteiger partial charge in [0.2, 0.25) is 0 Å². The Bertz CT molecular complexity index is 3100. The number of hydrogen-bond acceptors (Lipinski definition) is 3. The summed E-state index contributed by atoms with van der Waals surface area (Å²) in [5, 5.41) is 5.75. The van der Waals surface area contributed by atoms with Crippen LogP contribution in [0.15, 0.2) is 200 Å². The lowest BCUT2D eigenvalue weighted by atomic mass is 9.86. The van der Waals surface area contributed by atoms with Gasteiger partial charge in [-0.25, -0.2) is 9.97 Å². The first-order valence-corrected chi connectivity index (χ1v) is 18.7. The van der Waals surface area contributed by atoms with Crippen LogP contribution in [-0.2, 0) is 0 Å². The highest BCUT2D eigenvalue weighted by Crippen LogP contribution is 2.55. The highest BCUT2D eigenvalue weighted by Gasteiger charge is 2.30. The second-order valence-electron chi connectivity index (χ2n) is 14.2. The fraction of sp³-hybridized carbons (Fsp3) is 0. The van der Waals surface area contributed by atoms with Gasteiger partial charge in [-0.1, -0.05) is 164 Å². The highest BCUT2D eigenvalue weighted by atomic mass is 15.2. The van der Waals surface area contributed by atoms with E-state index in [0.29, 0.717) is 5.82 Å². The van der Waals surface area contributed by atoms with E-state index in [-0.39, 0.29) is 0 Å². The Balaban J connectivity index is 1.17. The molecule has 1 aliphatic heterocycles. The van der Waals surface area contributed by atoms with Crippen LogP contribution in [0.1, 0.15) is 0 Å². The van der Waals surface area contributed by atoms with Crippen LogP contribution in [0.4, 0.5) is 17.1 Å². The van der Waals surface area contributed by atoms with Crippen LogP contribution in [0, 0.1) is 0 Å². The van der Waals surface area contributed by atoms with Gasteiger partial charge in [0.25, 0.3) is 0 Å². The van der Waals surface area contributed by atoms with Gasteiger partial charge in [0, 0.05) is 38.7 Å². The van der Waals surface area contributed by atoms with E-state index in [9.17, 15) is 0 Å².